The molecule has 1 N–H and O–H groups in total. The molecule has 6 heteroatoms. The molecule has 0 atom stereocenters. The molecule has 0 aliphatic carbocycles. The third-order valence-electron chi connectivity index (χ3n) is 2.79. The van der Waals surface area contributed by atoms with Crippen molar-refractivity contribution in [3.8, 4) is 10.6 Å². The average molecular weight is 277 g/mol. The van der Waals surface area contributed by atoms with E-state index in [-0.39, 0.29) is 0 Å². The van der Waals surface area contributed by atoms with E-state index in [2.05, 4.69) is 32.6 Å². The highest BCUT2D eigenvalue weighted by Gasteiger charge is 2.10. The molecule has 102 valence electrons. The summed E-state index contributed by atoms with van der Waals surface area (Å²) in [5, 5.41) is 22.0. The highest BCUT2D eigenvalue weighted by molar-refractivity contribution is 7.14. The second-order valence-electron chi connectivity index (χ2n) is 4.44. The molecular weight excluding hydrogens is 258 g/mol. The van der Waals surface area contributed by atoms with Crippen molar-refractivity contribution in [1.29, 1.82) is 0 Å². The Kier molecular flexibility index (Phi) is 4.93. The van der Waals surface area contributed by atoms with Gasteiger partial charge < -0.3 is 5.32 Å². The van der Waals surface area contributed by atoms with Crippen molar-refractivity contribution in [1.82, 2.24) is 25.7 Å². The molecule has 0 spiro atoms. The van der Waals surface area contributed by atoms with E-state index < -0.39 is 0 Å². The minimum absolute atomic E-state index is 0.904. The maximum absolute atomic E-state index is 4.27. The molecule has 0 amide bonds. The molecule has 0 aliphatic heterocycles. The Morgan fingerprint density at radius 2 is 2.00 bits per heavy atom. The van der Waals surface area contributed by atoms with Gasteiger partial charge >= 0.3 is 0 Å². The van der Waals surface area contributed by atoms with Gasteiger partial charge in [-0.05, 0) is 39.4 Å². The summed E-state index contributed by atoms with van der Waals surface area (Å²) in [5.74, 6) is 0. The van der Waals surface area contributed by atoms with Crippen LogP contribution in [0.25, 0.3) is 10.6 Å². The first-order chi connectivity index (χ1) is 9.20. The van der Waals surface area contributed by atoms with Crippen molar-refractivity contribution in [2.24, 2.45) is 0 Å². The minimum atomic E-state index is 0.904. The summed E-state index contributed by atoms with van der Waals surface area (Å²) in [4.78, 5) is 0. The van der Waals surface area contributed by atoms with Gasteiger partial charge in [0.1, 0.15) is 10.0 Å². The number of rotatable bonds is 6. The van der Waals surface area contributed by atoms with Crippen LogP contribution in [0, 0.1) is 13.8 Å². The Balaban J connectivity index is 2.06. The first kappa shape index (κ1) is 14.0. The zero-order chi connectivity index (χ0) is 13.7. The van der Waals surface area contributed by atoms with Crippen molar-refractivity contribution < 1.29 is 0 Å². The van der Waals surface area contributed by atoms with Crippen molar-refractivity contribution >= 4 is 11.3 Å². The largest absolute Gasteiger partial charge is 0.317 e. The van der Waals surface area contributed by atoms with Crippen LogP contribution in [0.15, 0.2) is 6.07 Å². The summed E-state index contributed by atoms with van der Waals surface area (Å²) in [6, 6.07) is 2.02. The van der Waals surface area contributed by atoms with Crippen molar-refractivity contribution in [3.05, 3.63) is 22.5 Å². The van der Waals surface area contributed by atoms with Crippen LogP contribution in [0.4, 0.5) is 0 Å². The van der Waals surface area contributed by atoms with Gasteiger partial charge in [0.25, 0.3) is 0 Å². The monoisotopic (exact) mass is 277 g/mol. The van der Waals surface area contributed by atoms with E-state index in [1.807, 2.05) is 19.9 Å². The maximum atomic E-state index is 4.27. The molecule has 2 heterocycles. The second kappa shape index (κ2) is 6.68. The van der Waals surface area contributed by atoms with E-state index in [0.717, 1.165) is 52.9 Å². The molecule has 0 radical (unpaired) electrons. The number of hydrogen-bond donors (Lipinski definition) is 1. The van der Waals surface area contributed by atoms with Crippen LogP contribution in [0.5, 0.6) is 0 Å². The van der Waals surface area contributed by atoms with E-state index in [9.17, 15) is 0 Å². The Labute approximate surface area is 117 Å². The lowest BCUT2D eigenvalue weighted by molar-refractivity contribution is 0.669. The van der Waals surface area contributed by atoms with Crippen molar-refractivity contribution in [2.45, 2.75) is 33.6 Å². The predicted octanol–water partition coefficient (Wildman–Crippen LogP) is 2.15. The Hall–Kier alpha value is -1.40. The van der Waals surface area contributed by atoms with Crippen LogP contribution in [-0.2, 0) is 6.42 Å². The number of aryl methyl sites for hydroxylation is 3. The van der Waals surface area contributed by atoms with Crippen LogP contribution >= 0.6 is 11.3 Å². The lowest BCUT2D eigenvalue weighted by atomic mass is 10.2. The molecule has 19 heavy (non-hydrogen) atoms. The number of nitrogens with one attached hydrogen (secondary N) is 1. The van der Waals surface area contributed by atoms with E-state index in [1.165, 1.54) is 0 Å². The molecule has 0 saturated heterocycles. The molecule has 0 aromatic carbocycles. The molecule has 5 nitrogen and oxygen atoms in total. The minimum Gasteiger partial charge on any atom is -0.317 e. The first-order valence-corrected chi connectivity index (χ1v) is 7.36. The molecule has 0 unspecified atom stereocenters. The number of aromatic nitrogens is 4. The average Bonchev–Trinajstić information content (AvgIpc) is 2.86. The van der Waals surface area contributed by atoms with E-state index in [0.29, 0.717) is 0 Å². The first-order valence-electron chi connectivity index (χ1n) is 6.55. The normalized spacial score (nSPS) is 10.9. The molecule has 0 saturated carbocycles. The van der Waals surface area contributed by atoms with E-state index in [4.69, 9.17) is 0 Å². The van der Waals surface area contributed by atoms with Crippen LogP contribution < -0.4 is 5.32 Å². The third-order valence-corrected chi connectivity index (χ3v) is 3.81. The van der Waals surface area contributed by atoms with Crippen molar-refractivity contribution in [2.75, 3.05) is 13.1 Å². The molecule has 0 aliphatic rings. The Bertz CT molecular complexity index is 538. The Morgan fingerprint density at radius 1 is 1.16 bits per heavy atom. The molecule has 0 bridgehead atoms. The molecule has 2 aromatic heterocycles. The van der Waals surface area contributed by atoms with Gasteiger partial charge in [0, 0.05) is 12.0 Å². The second-order valence-corrected chi connectivity index (χ2v) is 5.50. The van der Waals surface area contributed by atoms with Gasteiger partial charge in [-0.2, -0.15) is 10.2 Å². The zero-order valence-corrected chi connectivity index (χ0v) is 12.4. The number of nitrogens with zero attached hydrogens (tertiary/aromatic N) is 4. The fourth-order valence-corrected chi connectivity index (χ4v) is 2.72. The van der Waals surface area contributed by atoms with Gasteiger partial charge in [-0.25, -0.2) is 0 Å². The van der Waals surface area contributed by atoms with Gasteiger partial charge in [-0.15, -0.1) is 10.2 Å². The highest BCUT2D eigenvalue weighted by atomic mass is 32.1. The van der Waals surface area contributed by atoms with Crippen LogP contribution in [0.3, 0.4) is 0 Å². The van der Waals surface area contributed by atoms with Gasteiger partial charge in [0.05, 0.1) is 11.4 Å². The summed E-state index contributed by atoms with van der Waals surface area (Å²) < 4.78 is 0. The predicted molar refractivity (Wildman–Crippen MR) is 77.3 cm³/mol. The van der Waals surface area contributed by atoms with Gasteiger partial charge in [-0.3, -0.25) is 0 Å². The van der Waals surface area contributed by atoms with E-state index >= 15 is 0 Å². The lowest BCUT2D eigenvalue weighted by Crippen LogP contribution is -2.14. The smallest absolute Gasteiger partial charge is 0.149 e. The summed E-state index contributed by atoms with van der Waals surface area (Å²) in [5.41, 5.74) is 2.85. The highest BCUT2D eigenvalue weighted by Crippen LogP contribution is 2.26. The molecule has 2 aromatic rings. The summed E-state index contributed by atoms with van der Waals surface area (Å²) in [6.45, 7) is 8.05. The van der Waals surface area contributed by atoms with Crippen LogP contribution in [-0.4, -0.2) is 33.5 Å². The molecule has 2 rings (SSSR count). The Morgan fingerprint density at radius 3 is 2.79 bits per heavy atom. The van der Waals surface area contributed by atoms with Gasteiger partial charge in [0.15, 0.2) is 0 Å². The van der Waals surface area contributed by atoms with E-state index in [1.54, 1.807) is 11.3 Å². The van der Waals surface area contributed by atoms with Gasteiger partial charge in [-0.1, -0.05) is 18.3 Å². The van der Waals surface area contributed by atoms with Crippen molar-refractivity contribution in [3.63, 3.8) is 0 Å². The summed E-state index contributed by atoms with van der Waals surface area (Å²) >= 11 is 1.65. The fraction of sp³-hybridized carbons (Fsp3) is 0.538. The lowest BCUT2D eigenvalue weighted by Gasteiger charge is -2.00. The topological polar surface area (TPSA) is 63.6 Å². The summed E-state index contributed by atoms with van der Waals surface area (Å²) in [7, 11) is 0. The quantitative estimate of drug-likeness (QED) is 0.820. The molecular formula is C13H19N5S. The maximum Gasteiger partial charge on any atom is 0.149 e. The summed E-state index contributed by atoms with van der Waals surface area (Å²) in [6.07, 6.45) is 2.07. The standard InChI is InChI=1S/C13H19N5S/c1-4-14-7-5-6-12-17-18-13(19-12)11-8-9(2)15-16-10(11)3/h8,14H,4-7H2,1-3H3. The SMILES string of the molecule is CCNCCCc1nnc(-c2cc(C)nnc2C)s1. The van der Waals surface area contributed by atoms with Crippen LogP contribution in [0.2, 0.25) is 0 Å². The van der Waals surface area contributed by atoms with Crippen LogP contribution in [0.1, 0.15) is 29.7 Å². The molecule has 0 fully saturated rings. The zero-order valence-electron chi connectivity index (χ0n) is 11.6. The third kappa shape index (κ3) is 3.78. The number of hydrogen-bond acceptors (Lipinski definition) is 6. The fourth-order valence-electron chi connectivity index (χ4n) is 1.77. The van der Waals surface area contributed by atoms with Gasteiger partial charge in [0.2, 0.25) is 0 Å².